The average molecular weight is 459 g/mol. The van der Waals surface area contributed by atoms with E-state index < -0.39 is 0 Å². The summed E-state index contributed by atoms with van der Waals surface area (Å²) in [4.78, 5) is 17.7. The predicted molar refractivity (Wildman–Crippen MR) is 132 cm³/mol. The van der Waals surface area contributed by atoms with Gasteiger partial charge in [0.2, 0.25) is 5.91 Å². The molecule has 0 radical (unpaired) electrons. The van der Waals surface area contributed by atoms with Crippen LogP contribution in [0.5, 0.6) is 11.5 Å². The number of hydrogen-bond donors (Lipinski definition) is 1. The fourth-order valence-electron chi connectivity index (χ4n) is 3.65. The molecule has 0 spiro atoms. The minimum atomic E-state index is -0.320. The van der Waals surface area contributed by atoms with Crippen molar-refractivity contribution in [1.29, 1.82) is 0 Å². The van der Waals surface area contributed by atoms with Crippen LogP contribution in [-0.2, 0) is 11.2 Å². The second-order valence-corrected chi connectivity index (χ2v) is 8.29. The Morgan fingerprint density at radius 3 is 2.45 bits per heavy atom. The van der Waals surface area contributed by atoms with E-state index in [0.29, 0.717) is 6.61 Å². The van der Waals surface area contributed by atoms with Crippen LogP contribution in [0.3, 0.4) is 0 Å². The van der Waals surface area contributed by atoms with E-state index in [2.05, 4.69) is 10.3 Å². The molecule has 5 nitrogen and oxygen atoms in total. The van der Waals surface area contributed by atoms with Crippen molar-refractivity contribution in [1.82, 2.24) is 10.3 Å². The molecule has 0 aliphatic rings. The van der Waals surface area contributed by atoms with Gasteiger partial charge in [-0.1, -0.05) is 48.5 Å². The van der Waals surface area contributed by atoms with Crippen molar-refractivity contribution in [2.75, 3.05) is 13.7 Å². The molecule has 0 saturated carbocycles. The second-order valence-electron chi connectivity index (χ2n) is 7.43. The highest BCUT2D eigenvalue weighted by atomic mass is 32.1. The second kappa shape index (κ2) is 10.8. The standard InChI is InChI=1S/C27H26N2O3S/c1-3-32-22-15-13-20(14-16-22)27-28-21(18-33-27)17-25(30)29-26(19-9-5-4-6-10-19)23-11-7-8-12-24(23)31-2/h4-16,18,26H,3,17H2,1-2H3,(H,29,30). The summed E-state index contributed by atoms with van der Waals surface area (Å²) >= 11 is 1.53. The van der Waals surface area contributed by atoms with Crippen LogP contribution in [0.25, 0.3) is 10.6 Å². The Bertz CT molecular complexity index is 1190. The third-order valence-corrected chi connectivity index (χ3v) is 6.13. The van der Waals surface area contributed by atoms with Gasteiger partial charge in [0.15, 0.2) is 0 Å². The largest absolute Gasteiger partial charge is 0.496 e. The van der Waals surface area contributed by atoms with Crippen LogP contribution < -0.4 is 14.8 Å². The first kappa shape index (κ1) is 22.6. The molecular weight excluding hydrogens is 432 g/mol. The van der Waals surface area contributed by atoms with Crippen molar-refractivity contribution >= 4 is 17.2 Å². The van der Waals surface area contributed by atoms with E-state index in [9.17, 15) is 4.79 Å². The molecule has 4 rings (SSSR count). The lowest BCUT2D eigenvalue weighted by Crippen LogP contribution is -2.31. The molecule has 1 amide bonds. The smallest absolute Gasteiger partial charge is 0.226 e. The number of methoxy groups -OCH3 is 1. The number of benzene rings is 3. The van der Waals surface area contributed by atoms with E-state index in [1.807, 2.05) is 91.2 Å². The number of thiazole rings is 1. The first-order chi connectivity index (χ1) is 16.2. The molecule has 4 aromatic rings. The summed E-state index contributed by atoms with van der Waals surface area (Å²) in [6.07, 6.45) is 0.200. The zero-order chi connectivity index (χ0) is 23.0. The predicted octanol–water partition coefficient (Wildman–Crippen LogP) is 5.67. The first-order valence-corrected chi connectivity index (χ1v) is 11.7. The van der Waals surface area contributed by atoms with Crippen molar-refractivity contribution in [3.63, 3.8) is 0 Å². The van der Waals surface area contributed by atoms with Crippen LogP contribution in [0, 0.1) is 0 Å². The number of nitrogens with one attached hydrogen (secondary N) is 1. The maximum atomic E-state index is 13.0. The summed E-state index contributed by atoms with van der Waals surface area (Å²) in [6.45, 7) is 2.59. The van der Waals surface area contributed by atoms with Gasteiger partial charge in [-0.15, -0.1) is 11.3 Å². The lowest BCUT2D eigenvalue weighted by molar-refractivity contribution is -0.121. The van der Waals surface area contributed by atoms with Crippen molar-refractivity contribution < 1.29 is 14.3 Å². The van der Waals surface area contributed by atoms with Gasteiger partial charge in [0.05, 0.1) is 31.9 Å². The normalized spacial score (nSPS) is 11.6. The molecule has 0 bridgehead atoms. The van der Waals surface area contributed by atoms with Crippen LogP contribution >= 0.6 is 11.3 Å². The van der Waals surface area contributed by atoms with Gasteiger partial charge in [-0.05, 0) is 42.8 Å². The van der Waals surface area contributed by atoms with E-state index in [-0.39, 0.29) is 18.4 Å². The monoisotopic (exact) mass is 458 g/mol. The third kappa shape index (κ3) is 5.59. The molecule has 1 unspecified atom stereocenters. The number of hydrogen-bond acceptors (Lipinski definition) is 5. The van der Waals surface area contributed by atoms with Gasteiger partial charge in [-0.2, -0.15) is 0 Å². The van der Waals surface area contributed by atoms with Crippen molar-refractivity contribution in [3.05, 3.63) is 101 Å². The number of amides is 1. The first-order valence-electron chi connectivity index (χ1n) is 10.8. The Balaban J connectivity index is 1.50. The molecule has 6 heteroatoms. The number of nitrogens with zero attached hydrogens (tertiary/aromatic N) is 1. The molecular formula is C27H26N2O3S. The molecule has 0 aliphatic carbocycles. The van der Waals surface area contributed by atoms with Gasteiger partial charge in [-0.3, -0.25) is 4.79 Å². The molecule has 1 aromatic heterocycles. The van der Waals surface area contributed by atoms with Gasteiger partial charge in [-0.25, -0.2) is 4.98 Å². The van der Waals surface area contributed by atoms with E-state index >= 15 is 0 Å². The maximum absolute atomic E-state index is 13.0. The Morgan fingerprint density at radius 1 is 1.00 bits per heavy atom. The minimum absolute atomic E-state index is 0.0988. The van der Waals surface area contributed by atoms with Crippen molar-refractivity contribution in [3.8, 4) is 22.1 Å². The quantitative estimate of drug-likeness (QED) is 0.351. The lowest BCUT2D eigenvalue weighted by atomic mass is 9.97. The summed E-state index contributed by atoms with van der Waals surface area (Å²) in [5.41, 5.74) is 3.65. The number of carbonyl (C=O) groups excluding carboxylic acids is 1. The highest BCUT2D eigenvalue weighted by Gasteiger charge is 2.21. The molecule has 1 N–H and O–H groups in total. The Kier molecular flexibility index (Phi) is 7.37. The van der Waals surface area contributed by atoms with Gasteiger partial charge in [0.1, 0.15) is 16.5 Å². The van der Waals surface area contributed by atoms with Crippen LogP contribution in [0.2, 0.25) is 0 Å². The number of para-hydroxylation sites is 1. The van der Waals surface area contributed by atoms with Gasteiger partial charge in [0.25, 0.3) is 0 Å². The van der Waals surface area contributed by atoms with Crippen LogP contribution in [-0.4, -0.2) is 24.6 Å². The van der Waals surface area contributed by atoms with Crippen molar-refractivity contribution in [2.45, 2.75) is 19.4 Å². The molecule has 3 aromatic carbocycles. The third-order valence-electron chi connectivity index (χ3n) is 5.19. The van der Waals surface area contributed by atoms with E-state index in [1.165, 1.54) is 11.3 Å². The van der Waals surface area contributed by atoms with Crippen LogP contribution in [0.1, 0.15) is 29.8 Å². The van der Waals surface area contributed by atoms with Gasteiger partial charge < -0.3 is 14.8 Å². The Labute approximate surface area is 198 Å². The van der Waals surface area contributed by atoms with Gasteiger partial charge >= 0.3 is 0 Å². The van der Waals surface area contributed by atoms with Crippen molar-refractivity contribution in [2.24, 2.45) is 0 Å². The summed E-state index contributed by atoms with van der Waals surface area (Å²) in [5.74, 6) is 1.47. The van der Waals surface area contributed by atoms with E-state index in [4.69, 9.17) is 9.47 Å². The average Bonchev–Trinajstić information content (AvgIpc) is 3.32. The highest BCUT2D eigenvalue weighted by molar-refractivity contribution is 7.13. The maximum Gasteiger partial charge on any atom is 0.226 e. The summed E-state index contributed by atoms with van der Waals surface area (Å²) < 4.78 is 11.1. The van der Waals surface area contributed by atoms with Crippen LogP contribution in [0.15, 0.2) is 84.2 Å². The highest BCUT2D eigenvalue weighted by Crippen LogP contribution is 2.30. The molecule has 1 atom stereocenters. The summed E-state index contributed by atoms with van der Waals surface area (Å²) in [5, 5.41) is 5.99. The SMILES string of the molecule is CCOc1ccc(-c2nc(CC(=O)NC(c3ccccc3)c3ccccc3OC)cs2)cc1. The summed E-state index contributed by atoms with van der Waals surface area (Å²) in [6, 6.07) is 25.2. The number of rotatable bonds is 9. The van der Waals surface area contributed by atoms with E-state index in [0.717, 1.165) is 38.9 Å². The van der Waals surface area contributed by atoms with Gasteiger partial charge in [0, 0.05) is 16.5 Å². The molecule has 0 fully saturated rings. The zero-order valence-corrected chi connectivity index (χ0v) is 19.5. The molecule has 1 heterocycles. The molecule has 33 heavy (non-hydrogen) atoms. The zero-order valence-electron chi connectivity index (χ0n) is 18.7. The molecule has 0 aliphatic heterocycles. The molecule has 0 saturated heterocycles. The van der Waals surface area contributed by atoms with Crippen LogP contribution in [0.4, 0.5) is 0 Å². The topological polar surface area (TPSA) is 60.5 Å². The number of aromatic nitrogens is 1. The summed E-state index contributed by atoms with van der Waals surface area (Å²) in [7, 11) is 1.64. The minimum Gasteiger partial charge on any atom is -0.496 e. The fourth-order valence-corrected chi connectivity index (χ4v) is 4.47. The fraction of sp³-hybridized carbons (Fsp3) is 0.185. The Hall–Kier alpha value is -3.64. The lowest BCUT2D eigenvalue weighted by Gasteiger charge is -2.21. The molecule has 168 valence electrons. The number of ether oxygens (including phenoxy) is 2. The van der Waals surface area contributed by atoms with E-state index in [1.54, 1.807) is 7.11 Å². The number of carbonyl (C=O) groups is 1. The Morgan fingerprint density at radius 2 is 1.73 bits per heavy atom.